The van der Waals surface area contributed by atoms with E-state index >= 15 is 0 Å². The van der Waals surface area contributed by atoms with Gasteiger partial charge in [-0.3, -0.25) is 0 Å². The second-order valence-electron chi connectivity index (χ2n) is 17.9. The molecule has 6 N–H and O–H groups in total. The lowest BCUT2D eigenvalue weighted by atomic mass is 9.85. The van der Waals surface area contributed by atoms with Crippen LogP contribution < -0.4 is 17.2 Å². The number of hydrogen-bond donors (Lipinski definition) is 3. The van der Waals surface area contributed by atoms with Gasteiger partial charge >= 0.3 is 0 Å². The van der Waals surface area contributed by atoms with Gasteiger partial charge < -0.3 is 17.2 Å². The van der Waals surface area contributed by atoms with Crippen LogP contribution in [0.25, 0.3) is 0 Å². The van der Waals surface area contributed by atoms with Gasteiger partial charge in [0.2, 0.25) is 0 Å². The minimum Gasteiger partial charge on any atom is -0.398 e. The van der Waals surface area contributed by atoms with Crippen molar-refractivity contribution in [2.75, 3.05) is 17.2 Å². The number of anilines is 3. The fourth-order valence-electron chi connectivity index (χ4n) is 5.36. The minimum absolute atomic E-state index is 0. The molecule has 0 amide bonds. The fourth-order valence-corrected chi connectivity index (χ4v) is 5.88. The molecule has 59 heavy (non-hydrogen) atoms. The first-order chi connectivity index (χ1) is 25.9. The summed E-state index contributed by atoms with van der Waals surface area (Å²) >= 11 is 0. The maximum Gasteiger partial charge on any atom is 0.129 e. The van der Waals surface area contributed by atoms with Crippen LogP contribution >= 0.6 is 0 Å². The third-order valence-electron chi connectivity index (χ3n) is 8.36. The number of nitrogens with two attached hydrogens (primary N) is 3. The molecule has 0 aliphatic carbocycles. The number of benzene rings is 4. The molecule has 0 saturated carbocycles. The van der Waals surface area contributed by atoms with E-state index in [1.165, 1.54) is 17.7 Å². The van der Waals surface area contributed by atoms with E-state index in [1.807, 2.05) is 60.7 Å². The standard InChI is InChI=1S/C18H18FN.C17H18N2.C15H23NSi.3CH4/c1-18(2,3)16-12-14(8-11-17(16)20)5-4-13-6-9-15(19)10-7-13;1-17(2,3)15-12-13(8-10-16(15)18)7-9-14-6-4-5-11-19-14;1-15(2,3)13-11-12(7-8-14(13)16)9-10-17(4,5)6;;;/h6-12H,20H2,1-3H3;4-6,8,10-12H,18H2,1-3H3;7-8,11H,16H2,1-6H3;3*1H4. The summed E-state index contributed by atoms with van der Waals surface area (Å²) in [5.74, 6) is 15.3. The Labute approximate surface area is 359 Å². The molecular weight excluding hydrogens is 740 g/mol. The normalized spacial score (nSPS) is 10.5. The van der Waals surface area contributed by atoms with Gasteiger partial charge in [0.1, 0.15) is 19.6 Å². The molecule has 0 aliphatic heterocycles. The molecule has 0 saturated heterocycles. The molecule has 1 aromatic heterocycles. The van der Waals surface area contributed by atoms with E-state index in [1.54, 1.807) is 18.3 Å². The van der Waals surface area contributed by atoms with E-state index in [2.05, 4.69) is 134 Å². The Morgan fingerprint density at radius 2 is 0.831 bits per heavy atom. The summed E-state index contributed by atoms with van der Waals surface area (Å²) < 4.78 is 12.8. The van der Waals surface area contributed by atoms with Crippen molar-refractivity contribution in [2.45, 2.75) is 120 Å². The first kappa shape index (κ1) is 53.3. The summed E-state index contributed by atoms with van der Waals surface area (Å²) in [5, 5.41) is 0. The largest absolute Gasteiger partial charge is 0.398 e. The number of nitrogen functional groups attached to an aromatic ring is 3. The second-order valence-corrected chi connectivity index (χ2v) is 22.6. The number of nitrogens with zero attached hydrogens (tertiary/aromatic N) is 1. The van der Waals surface area contributed by atoms with Gasteiger partial charge in [0, 0.05) is 45.5 Å². The van der Waals surface area contributed by atoms with E-state index in [4.69, 9.17) is 17.2 Å². The highest BCUT2D eigenvalue weighted by molar-refractivity contribution is 6.83. The van der Waals surface area contributed by atoms with Crippen LogP contribution in [0.1, 0.15) is 129 Å². The highest BCUT2D eigenvalue weighted by atomic mass is 28.3. The fraction of sp³-hybridized carbons (Fsp3) is 0.340. The van der Waals surface area contributed by atoms with Crippen LogP contribution in [0.3, 0.4) is 0 Å². The van der Waals surface area contributed by atoms with Crippen molar-refractivity contribution in [2.24, 2.45) is 0 Å². The van der Waals surface area contributed by atoms with E-state index in [9.17, 15) is 4.39 Å². The van der Waals surface area contributed by atoms with Crippen LogP contribution in [0.4, 0.5) is 21.5 Å². The smallest absolute Gasteiger partial charge is 0.129 e. The molecule has 5 aromatic rings. The quantitative estimate of drug-likeness (QED) is 0.0825. The molecule has 0 aliphatic rings. The molecule has 4 nitrogen and oxygen atoms in total. The van der Waals surface area contributed by atoms with Crippen molar-refractivity contribution in [3.63, 3.8) is 0 Å². The van der Waals surface area contributed by atoms with Crippen LogP contribution in [0, 0.1) is 41.0 Å². The summed E-state index contributed by atoms with van der Waals surface area (Å²) in [5.41, 5.74) is 31.9. The minimum atomic E-state index is -1.31. The van der Waals surface area contributed by atoms with E-state index < -0.39 is 8.07 Å². The molecule has 0 bridgehead atoms. The van der Waals surface area contributed by atoms with Gasteiger partial charge in [0.25, 0.3) is 0 Å². The summed E-state index contributed by atoms with van der Waals surface area (Å²) in [6.07, 6.45) is 1.74. The number of pyridine rings is 1. The van der Waals surface area contributed by atoms with Crippen molar-refractivity contribution in [1.82, 2.24) is 4.98 Å². The SMILES string of the molecule is C.C.C.CC(C)(C)c1cc(C#C[Si](C)(C)C)ccc1N.CC(C)(C)c1cc(C#Cc2ccc(F)cc2)ccc1N.CC(C)(C)c1cc(C#Cc2ccccn2)ccc1N. The summed E-state index contributed by atoms with van der Waals surface area (Å²) in [7, 11) is -1.31. The van der Waals surface area contributed by atoms with Gasteiger partial charge in [-0.15, -0.1) is 5.54 Å². The van der Waals surface area contributed by atoms with Gasteiger partial charge in [-0.1, -0.05) is 134 Å². The third-order valence-corrected chi connectivity index (χ3v) is 9.24. The Balaban J connectivity index is 0.000000837. The van der Waals surface area contributed by atoms with Crippen LogP contribution in [0.15, 0.2) is 103 Å². The molecule has 0 atom stereocenters. The zero-order valence-corrected chi connectivity index (χ0v) is 36.4. The van der Waals surface area contributed by atoms with Crippen molar-refractivity contribution < 1.29 is 4.39 Å². The molecule has 0 unspecified atom stereocenters. The van der Waals surface area contributed by atoms with E-state index in [-0.39, 0.29) is 44.3 Å². The zero-order chi connectivity index (χ0) is 41.9. The zero-order valence-electron chi connectivity index (χ0n) is 35.4. The summed E-state index contributed by atoms with van der Waals surface area (Å²) in [6, 6.07) is 29.7. The maximum atomic E-state index is 12.8. The van der Waals surface area contributed by atoms with Crippen LogP contribution in [0.5, 0.6) is 0 Å². The molecule has 5 rings (SSSR count). The lowest BCUT2D eigenvalue weighted by Gasteiger charge is -2.21. The Hall–Kier alpha value is -5.74. The molecule has 0 fully saturated rings. The Kier molecular flexibility index (Phi) is 20.2. The van der Waals surface area contributed by atoms with Gasteiger partial charge in [-0.25, -0.2) is 9.37 Å². The van der Waals surface area contributed by atoms with Gasteiger partial charge in [-0.05, 0) is 130 Å². The lowest BCUT2D eigenvalue weighted by Crippen LogP contribution is -2.16. The van der Waals surface area contributed by atoms with Crippen LogP contribution in [-0.4, -0.2) is 13.1 Å². The molecule has 6 heteroatoms. The topological polar surface area (TPSA) is 91.0 Å². The van der Waals surface area contributed by atoms with E-state index in [0.29, 0.717) is 0 Å². The summed E-state index contributed by atoms with van der Waals surface area (Å²) in [6.45, 7) is 26.1. The molecule has 314 valence electrons. The molecular formula is C53H71FN4Si. The predicted octanol–water partition coefficient (Wildman–Crippen LogP) is 13.2. The average molecular weight is 811 g/mol. The molecule has 0 radical (unpaired) electrons. The Bertz CT molecular complexity index is 2280. The predicted molar refractivity (Wildman–Crippen MR) is 262 cm³/mol. The number of halogens is 1. The van der Waals surface area contributed by atoms with Crippen molar-refractivity contribution in [1.29, 1.82) is 0 Å². The highest BCUT2D eigenvalue weighted by Crippen LogP contribution is 2.30. The van der Waals surface area contributed by atoms with Crippen molar-refractivity contribution in [3.8, 4) is 35.1 Å². The second kappa shape index (κ2) is 22.4. The van der Waals surface area contributed by atoms with Crippen molar-refractivity contribution in [3.05, 3.63) is 154 Å². The molecule has 0 spiro atoms. The lowest BCUT2D eigenvalue weighted by molar-refractivity contribution is 0.592. The number of hydrogen-bond acceptors (Lipinski definition) is 4. The maximum absolute atomic E-state index is 12.8. The van der Waals surface area contributed by atoms with Crippen molar-refractivity contribution >= 4 is 25.1 Å². The third kappa shape index (κ3) is 18.2. The molecule has 1 heterocycles. The van der Waals surface area contributed by atoms with Gasteiger partial charge in [0.05, 0.1) is 0 Å². The Morgan fingerprint density at radius 3 is 1.19 bits per heavy atom. The van der Waals surface area contributed by atoms with Crippen LogP contribution in [-0.2, 0) is 16.2 Å². The first-order valence-corrected chi connectivity index (χ1v) is 22.4. The van der Waals surface area contributed by atoms with Gasteiger partial charge in [-0.2, -0.15) is 0 Å². The first-order valence-electron chi connectivity index (χ1n) is 18.9. The monoisotopic (exact) mass is 811 g/mol. The molecule has 4 aromatic carbocycles. The number of rotatable bonds is 0. The number of aromatic nitrogens is 1. The van der Waals surface area contributed by atoms with E-state index in [0.717, 1.165) is 56.1 Å². The van der Waals surface area contributed by atoms with Crippen LogP contribution in [0.2, 0.25) is 19.6 Å². The average Bonchev–Trinajstić information content (AvgIpc) is 3.10. The highest BCUT2D eigenvalue weighted by Gasteiger charge is 2.19. The van der Waals surface area contributed by atoms with Gasteiger partial charge in [0.15, 0.2) is 0 Å². The summed E-state index contributed by atoms with van der Waals surface area (Å²) in [4.78, 5) is 4.18. The Morgan fingerprint density at radius 1 is 0.475 bits per heavy atom.